The summed E-state index contributed by atoms with van der Waals surface area (Å²) in [6.45, 7) is 0. The van der Waals surface area contributed by atoms with Crippen LogP contribution in [0.4, 0.5) is 8.78 Å². The summed E-state index contributed by atoms with van der Waals surface area (Å²) in [5.74, 6) is -1.25. The van der Waals surface area contributed by atoms with Crippen molar-refractivity contribution in [2.45, 2.75) is 0 Å². The van der Waals surface area contributed by atoms with E-state index in [0.29, 0.717) is 15.6 Å². The average molecular weight is 273 g/mol. The molecule has 0 saturated carbocycles. The second-order valence-electron chi connectivity index (χ2n) is 3.04. The molecule has 0 aromatic heterocycles. The molecule has 15 heavy (non-hydrogen) atoms. The summed E-state index contributed by atoms with van der Waals surface area (Å²) in [7, 11) is 1.48. The second kappa shape index (κ2) is 3.77. The van der Waals surface area contributed by atoms with Crippen molar-refractivity contribution in [3.8, 4) is 5.75 Å². The van der Waals surface area contributed by atoms with Crippen LogP contribution < -0.4 is 4.74 Å². The highest BCUT2D eigenvalue weighted by Crippen LogP contribution is 2.35. The summed E-state index contributed by atoms with van der Waals surface area (Å²) in [5, 5.41) is 0.830. The molecule has 0 atom stereocenters. The van der Waals surface area contributed by atoms with Crippen molar-refractivity contribution in [1.82, 2.24) is 0 Å². The van der Waals surface area contributed by atoms with Gasteiger partial charge in [0.25, 0.3) is 0 Å². The maximum Gasteiger partial charge on any atom is 0.167 e. The first-order valence-electron chi connectivity index (χ1n) is 4.25. The van der Waals surface area contributed by atoms with Crippen LogP contribution in [0.15, 0.2) is 28.7 Å². The zero-order valence-corrected chi connectivity index (χ0v) is 9.44. The lowest BCUT2D eigenvalue weighted by Crippen LogP contribution is -1.90. The minimum Gasteiger partial charge on any atom is -0.496 e. The Labute approximate surface area is 93.8 Å². The third kappa shape index (κ3) is 1.59. The molecule has 4 heteroatoms. The van der Waals surface area contributed by atoms with E-state index in [1.807, 2.05) is 0 Å². The number of halogens is 3. The number of methoxy groups -OCH3 is 1. The fourth-order valence-corrected chi connectivity index (χ4v) is 2.14. The van der Waals surface area contributed by atoms with Gasteiger partial charge >= 0.3 is 0 Å². The van der Waals surface area contributed by atoms with Crippen molar-refractivity contribution in [1.29, 1.82) is 0 Å². The average Bonchev–Trinajstić information content (AvgIpc) is 2.24. The van der Waals surface area contributed by atoms with Gasteiger partial charge in [-0.2, -0.15) is 0 Å². The minimum absolute atomic E-state index is 0.203. The molecule has 0 radical (unpaired) electrons. The molecule has 0 saturated heterocycles. The van der Waals surface area contributed by atoms with Crippen LogP contribution in [-0.4, -0.2) is 7.11 Å². The van der Waals surface area contributed by atoms with Crippen molar-refractivity contribution < 1.29 is 13.5 Å². The summed E-state index contributed by atoms with van der Waals surface area (Å²) < 4.78 is 32.0. The Morgan fingerprint density at radius 2 is 1.80 bits per heavy atom. The maximum atomic E-state index is 13.5. The van der Waals surface area contributed by atoms with E-state index in [0.717, 1.165) is 6.07 Å². The van der Waals surface area contributed by atoms with E-state index >= 15 is 0 Å². The van der Waals surface area contributed by atoms with Gasteiger partial charge < -0.3 is 4.74 Å². The molecule has 0 heterocycles. The van der Waals surface area contributed by atoms with E-state index in [1.54, 1.807) is 12.1 Å². The highest BCUT2D eigenvalue weighted by atomic mass is 79.9. The van der Waals surface area contributed by atoms with Crippen molar-refractivity contribution in [3.05, 3.63) is 40.4 Å². The smallest absolute Gasteiger partial charge is 0.167 e. The van der Waals surface area contributed by atoms with Crippen LogP contribution in [0.5, 0.6) is 5.75 Å². The van der Waals surface area contributed by atoms with E-state index in [2.05, 4.69) is 15.9 Å². The Hall–Kier alpha value is -1.16. The van der Waals surface area contributed by atoms with Crippen molar-refractivity contribution in [3.63, 3.8) is 0 Å². The van der Waals surface area contributed by atoms with E-state index in [1.165, 1.54) is 13.2 Å². The minimum atomic E-state index is -0.864. The molecular formula is C11H7BrF2O. The summed E-state index contributed by atoms with van der Waals surface area (Å²) >= 11 is 3.20. The SMILES string of the molecule is COc1ccc2ccc(F)c(F)c2c1Br. The van der Waals surface area contributed by atoms with Crippen LogP contribution in [0.3, 0.4) is 0 Å². The van der Waals surface area contributed by atoms with Crippen LogP contribution in [0.25, 0.3) is 10.8 Å². The van der Waals surface area contributed by atoms with Crippen molar-refractivity contribution in [2.75, 3.05) is 7.11 Å². The summed E-state index contributed by atoms with van der Waals surface area (Å²) in [5.41, 5.74) is 0. The van der Waals surface area contributed by atoms with Gasteiger partial charge in [0, 0.05) is 5.39 Å². The molecule has 0 amide bonds. The van der Waals surface area contributed by atoms with Crippen LogP contribution >= 0.6 is 15.9 Å². The van der Waals surface area contributed by atoms with Crippen molar-refractivity contribution >= 4 is 26.7 Å². The Morgan fingerprint density at radius 1 is 1.13 bits per heavy atom. The number of ether oxygens (including phenoxy) is 1. The Morgan fingerprint density at radius 3 is 2.47 bits per heavy atom. The Bertz CT molecular complexity index is 525. The van der Waals surface area contributed by atoms with Gasteiger partial charge in [0.05, 0.1) is 11.6 Å². The first kappa shape index (κ1) is 10.4. The lowest BCUT2D eigenvalue weighted by Gasteiger charge is -2.07. The van der Waals surface area contributed by atoms with Gasteiger partial charge in [-0.15, -0.1) is 0 Å². The number of rotatable bonds is 1. The Balaban J connectivity index is 2.89. The molecule has 2 aromatic carbocycles. The normalized spacial score (nSPS) is 10.7. The number of hydrogen-bond acceptors (Lipinski definition) is 1. The van der Waals surface area contributed by atoms with Gasteiger partial charge in [0.1, 0.15) is 5.75 Å². The number of fused-ring (bicyclic) bond motifs is 1. The maximum absolute atomic E-state index is 13.5. The molecule has 0 N–H and O–H groups in total. The molecule has 78 valence electrons. The molecule has 0 aliphatic carbocycles. The highest BCUT2D eigenvalue weighted by molar-refractivity contribution is 9.10. The zero-order chi connectivity index (χ0) is 11.0. The van der Waals surface area contributed by atoms with E-state index in [4.69, 9.17) is 4.74 Å². The number of benzene rings is 2. The molecule has 0 aliphatic heterocycles. The first-order valence-corrected chi connectivity index (χ1v) is 5.04. The lowest BCUT2D eigenvalue weighted by atomic mass is 10.1. The third-order valence-corrected chi connectivity index (χ3v) is 2.98. The number of hydrogen-bond donors (Lipinski definition) is 0. The topological polar surface area (TPSA) is 9.23 Å². The quantitative estimate of drug-likeness (QED) is 0.765. The molecule has 2 aromatic rings. The summed E-state index contributed by atoms with van der Waals surface area (Å²) in [6, 6.07) is 6.01. The van der Waals surface area contributed by atoms with Gasteiger partial charge in [-0.25, -0.2) is 8.78 Å². The van der Waals surface area contributed by atoms with E-state index < -0.39 is 11.6 Å². The second-order valence-corrected chi connectivity index (χ2v) is 3.83. The van der Waals surface area contributed by atoms with Crippen LogP contribution in [0, 0.1) is 11.6 Å². The molecule has 1 nitrogen and oxygen atoms in total. The molecule has 0 fully saturated rings. The molecule has 0 unspecified atom stereocenters. The van der Waals surface area contributed by atoms with Gasteiger partial charge in [0.15, 0.2) is 11.6 Å². The fourth-order valence-electron chi connectivity index (χ4n) is 1.45. The summed E-state index contributed by atoms with van der Waals surface area (Å²) in [4.78, 5) is 0. The largest absolute Gasteiger partial charge is 0.496 e. The van der Waals surface area contributed by atoms with E-state index in [-0.39, 0.29) is 5.39 Å². The van der Waals surface area contributed by atoms with Gasteiger partial charge in [-0.1, -0.05) is 12.1 Å². The zero-order valence-electron chi connectivity index (χ0n) is 7.85. The lowest BCUT2D eigenvalue weighted by molar-refractivity contribution is 0.412. The van der Waals surface area contributed by atoms with Gasteiger partial charge in [-0.05, 0) is 33.4 Å². The predicted octanol–water partition coefficient (Wildman–Crippen LogP) is 3.89. The van der Waals surface area contributed by atoms with Crippen LogP contribution in [0.2, 0.25) is 0 Å². The highest BCUT2D eigenvalue weighted by Gasteiger charge is 2.13. The van der Waals surface area contributed by atoms with Gasteiger partial charge in [0.2, 0.25) is 0 Å². The summed E-state index contributed by atoms with van der Waals surface area (Å²) in [6.07, 6.45) is 0. The van der Waals surface area contributed by atoms with Crippen LogP contribution in [0.1, 0.15) is 0 Å². The third-order valence-electron chi connectivity index (χ3n) is 2.20. The predicted molar refractivity (Wildman–Crippen MR) is 58.1 cm³/mol. The monoisotopic (exact) mass is 272 g/mol. The van der Waals surface area contributed by atoms with Gasteiger partial charge in [-0.3, -0.25) is 0 Å². The Kier molecular flexibility index (Phi) is 2.61. The van der Waals surface area contributed by atoms with Crippen LogP contribution in [-0.2, 0) is 0 Å². The van der Waals surface area contributed by atoms with E-state index in [9.17, 15) is 8.78 Å². The molecule has 2 rings (SSSR count). The first-order chi connectivity index (χ1) is 7.15. The fraction of sp³-hybridized carbons (Fsp3) is 0.0909. The standard InChI is InChI=1S/C11H7BrF2O/c1-15-8-5-3-6-2-4-7(13)11(14)9(6)10(8)12/h2-5H,1H3. The van der Waals surface area contributed by atoms with Crippen molar-refractivity contribution in [2.24, 2.45) is 0 Å². The molecular weight excluding hydrogens is 266 g/mol. The molecule has 0 bridgehead atoms. The molecule has 0 aliphatic rings. The molecule has 0 spiro atoms.